The predicted molar refractivity (Wildman–Crippen MR) is 247 cm³/mol. The van der Waals surface area contributed by atoms with Crippen molar-refractivity contribution in [3.05, 3.63) is 72.9 Å². The molecule has 2 unspecified atom stereocenters. The largest absolute Gasteiger partial charge is 0.472 e. The fourth-order valence-electron chi connectivity index (χ4n) is 6.19. The van der Waals surface area contributed by atoms with E-state index in [4.69, 9.17) is 24.3 Å². The van der Waals surface area contributed by atoms with Crippen LogP contribution in [0.2, 0.25) is 0 Å². The molecule has 0 fully saturated rings. The van der Waals surface area contributed by atoms with Crippen molar-refractivity contribution in [2.75, 3.05) is 33.0 Å². The van der Waals surface area contributed by atoms with Gasteiger partial charge in [0.05, 0.1) is 19.8 Å². The van der Waals surface area contributed by atoms with Crippen LogP contribution in [0.3, 0.4) is 0 Å². The van der Waals surface area contributed by atoms with Gasteiger partial charge >= 0.3 is 13.8 Å². The van der Waals surface area contributed by atoms with Gasteiger partial charge in [-0.05, 0) is 83.5 Å². The van der Waals surface area contributed by atoms with Gasteiger partial charge in [0.1, 0.15) is 6.10 Å². The number of esters is 1. The number of rotatable bonds is 44. The molecule has 58 heavy (non-hydrogen) atoms. The van der Waals surface area contributed by atoms with Crippen LogP contribution in [-0.2, 0) is 27.9 Å². The summed E-state index contributed by atoms with van der Waals surface area (Å²) in [6, 6.07) is 0. The van der Waals surface area contributed by atoms with Gasteiger partial charge in [-0.15, -0.1) is 0 Å². The van der Waals surface area contributed by atoms with Crippen LogP contribution in [0.25, 0.3) is 0 Å². The van der Waals surface area contributed by atoms with E-state index >= 15 is 0 Å². The molecule has 336 valence electrons. The minimum Gasteiger partial charge on any atom is -0.457 e. The third-order valence-corrected chi connectivity index (χ3v) is 10.6. The summed E-state index contributed by atoms with van der Waals surface area (Å²) in [6.07, 6.45) is 57.9. The van der Waals surface area contributed by atoms with Gasteiger partial charge in [0.2, 0.25) is 0 Å². The van der Waals surface area contributed by atoms with Crippen LogP contribution in [-0.4, -0.2) is 49.9 Å². The summed E-state index contributed by atoms with van der Waals surface area (Å²) < 4.78 is 33.5. The maximum absolute atomic E-state index is 12.6. The van der Waals surface area contributed by atoms with Crippen LogP contribution in [0.5, 0.6) is 0 Å². The molecule has 0 aliphatic carbocycles. The van der Waals surface area contributed by atoms with Gasteiger partial charge < -0.3 is 20.1 Å². The summed E-state index contributed by atoms with van der Waals surface area (Å²) in [5.74, 6) is -0.343. The average Bonchev–Trinajstić information content (AvgIpc) is 3.21. The molecule has 0 spiro atoms. The number of phosphoric acid groups is 1. The van der Waals surface area contributed by atoms with Crippen molar-refractivity contribution in [1.82, 2.24) is 0 Å². The molecule has 0 heterocycles. The van der Waals surface area contributed by atoms with Gasteiger partial charge in [0.15, 0.2) is 0 Å². The molecule has 0 bridgehead atoms. The molecule has 0 rings (SSSR count). The maximum Gasteiger partial charge on any atom is 0.472 e. The number of carbonyl (C=O) groups is 1. The fraction of sp³-hybridized carbons (Fsp3) is 0.735. The SMILES string of the molecule is CC/C=C\C/C=C\C/C=C\C/C=C\C/C=C\CCCCCCCCCCCCOCC(COP(=O)(O)OCCN)OC(=O)CCCCCCC/C=C\CCCCCC. The molecule has 0 saturated heterocycles. The lowest BCUT2D eigenvalue weighted by Gasteiger charge is -2.20. The molecular formula is C49H88NO7P. The number of allylic oxidation sites excluding steroid dienone is 12. The highest BCUT2D eigenvalue weighted by molar-refractivity contribution is 7.47. The van der Waals surface area contributed by atoms with Crippen LogP contribution in [0, 0.1) is 0 Å². The van der Waals surface area contributed by atoms with E-state index < -0.39 is 13.9 Å². The number of ether oxygens (including phenoxy) is 2. The van der Waals surface area contributed by atoms with E-state index in [1.807, 2.05) is 0 Å². The van der Waals surface area contributed by atoms with Crippen molar-refractivity contribution < 1.29 is 32.8 Å². The summed E-state index contributed by atoms with van der Waals surface area (Å²) in [5.41, 5.74) is 5.37. The smallest absolute Gasteiger partial charge is 0.457 e. The normalized spacial score (nSPS) is 14.1. The second-order valence-electron chi connectivity index (χ2n) is 15.2. The van der Waals surface area contributed by atoms with E-state index in [1.165, 1.54) is 96.3 Å². The summed E-state index contributed by atoms with van der Waals surface area (Å²) in [6.45, 7) is 4.77. The molecule has 0 aliphatic heterocycles. The van der Waals surface area contributed by atoms with Crippen molar-refractivity contribution in [2.24, 2.45) is 5.73 Å². The minimum absolute atomic E-state index is 0.0955. The number of hydrogen-bond donors (Lipinski definition) is 2. The zero-order valence-corrected chi connectivity index (χ0v) is 38.2. The lowest BCUT2D eigenvalue weighted by Crippen LogP contribution is -2.28. The van der Waals surface area contributed by atoms with Crippen molar-refractivity contribution in [2.45, 2.75) is 200 Å². The zero-order valence-electron chi connectivity index (χ0n) is 37.3. The van der Waals surface area contributed by atoms with E-state index in [0.717, 1.165) is 77.0 Å². The second kappa shape index (κ2) is 46.0. The number of unbranched alkanes of at least 4 members (excludes halogenated alkanes) is 19. The highest BCUT2D eigenvalue weighted by Gasteiger charge is 2.25. The van der Waals surface area contributed by atoms with Gasteiger partial charge in [0.25, 0.3) is 0 Å². The predicted octanol–water partition coefficient (Wildman–Crippen LogP) is 14.3. The summed E-state index contributed by atoms with van der Waals surface area (Å²) in [5, 5.41) is 0. The molecule has 0 saturated carbocycles. The first-order chi connectivity index (χ1) is 28.4. The molecule has 0 aromatic rings. The zero-order chi connectivity index (χ0) is 42.3. The van der Waals surface area contributed by atoms with Gasteiger partial charge in [0, 0.05) is 19.6 Å². The number of nitrogens with two attached hydrogens (primary N) is 1. The lowest BCUT2D eigenvalue weighted by molar-refractivity contribution is -0.154. The Morgan fingerprint density at radius 3 is 1.47 bits per heavy atom. The summed E-state index contributed by atoms with van der Waals surface area (Å²) in [4.78, 5) is 22.5. The highest BCUT2D eigenvalue weighted by atomic mass is 31.2. The highest BCUT2D eigenvalue weighted by Crippen LogP contribution is 2.43. The van der Waals surface area contributed by atoms with Gasteiger partial charge in [-0.25, -0.2) is 4.57 Å². The Labute approximate surface area is 356 Å². The number of carbonyl (C=O) groups excluding carboxylic acids is 1. The van der Waals surface area contributed by atoms with Crippen LogP contribution in [0.1, 0.15) is 194 Å². The molecule has 0 aromatic carbocycles. The molecule has 9 heteroatoms. The van der Waals surface area contributed by atoms with Crippen molar-refractivity contribution in [3.63, 3.8) is 0 Å². The Balaban J connectivity index is 3.96. The fourth-order valence-corrected chi connectivity index (χ4v) is 6.96. The van der Waals surface area contributed by atoms with Crippen LogP contribution < -0.4 is 5.73 Å². The second-order valence-corrected chi connectivity index (χ2v) is 16.7. The minimum atomic E-state index is -4.28. The lowest BCUT2D eigenvalue weighted by atomic mass is 10.1. The molecular weight excluding hydrogens is 746 g/mol. The standard InChI is InChI=1S/C49H88NO7P/c1-3-5-7-9-11-13-15-17-18-19-20-21-22-23-24-25-26-27-28-29-31-33-35-37-39-41-44-54-46-48(47-56-58(52,53)55-45-43-50)57-49(51)42-40-38-36-34-32-30-16-14-12-10-8-6-4-2/h5,7,11,13-14,16-18,20-21,23-24,48H,3-4,6,8-10,12,15,19,22,25-47,50H2,1-2H3,(H,52,53)/b7-5-,13-11-,16-14-,18-17-,21-20-,24-23-. The van der Waals surface area contributed by atoms with Crippen molar-refractivity contribution in [1.29, 1.82) is 0 Å². The summed E-state index contributed by atoms with van der Waals surface area (Å²) in [7, 11) is -4.28. The Hall–Kier alpha value is -2.06. The molecule has 0 amide bonds. The van der Waals surface area contributed by atoms with Gasteiger partial charge in [-0.3, -0.25) is 13.8 Å². The first-order valence-corrected chi connectivity index (χ1v) is 24.9. The van der Waals surface area contributed by atoms with E-state index in [1.54, 1.807) is 0 Å². The molecule has 0 aliphatic rings. The Morgan fingerprint density at radius 2 is 0.966 bits per heavy atom. The summed E-state index contributed by atoms with van der Waals surface area (Å²) >= 11 is 0. The van der Waals surface area contributed by atoms with E-state index in [0.29, 0.717) is 13.0 Å². The van der Waals surface area contributed by atoms with E-state index in [2.05, 4.69) is 86.8 Å². The number of phosphoric ester groups is 1. The molecule has 3 N–H and O–H groups in total. The van der Waals surface area contributed by atoms with Crippen LogP contribution in [0.4, 0.5) is 0 Å². The van der Waals surface area contributed by atoms with Gasteiger partial charge in [-0.1, -0.05) is 177 Å². The quantitative estimate of drug-likeness (QED) is 0.0270. The van der Waals surface area contributed by atoms with Crippen LogP contribution in [0.15, 0.2) is 72.9 Å². The molecule has 0 radical (unpaired) electrons. The molecule has 0 aromatic heterocycles. The first kappa shape index (κ1) is 55.9. The number of hydrogen-bond acceptors (Lipinski definition) is 7. The Kier molecular flexibility index (Phi) is 44.4. The third kappa shape index (κ3) is 45.0. The molecule has 2 atom stereocenters. The van der Waals surface area contributed by atoms with Crippen molar-refractivity contribution >= 4 is 13.8 Å². The Bertz CT molecular complexity index is 1120. The average molecular weight is 834 g/mol. The molecule has 8 nitrogen and oxygen atoms in total. The monoisotopic (exact) mass is 834 g/mol. The van der Waals surface area contributed by atoms with E-state index in [9.17, 15) is 14.3 Å². The first-order valence-electron chi connectivity index (χ1n) is 23.4. The topological polar surface area (TPSA) is 117 Å². The Morgan fingerprint density at radius 1 is 0.534 bits per heavy atom. The maximum atomic E-state index is 12.6. The van der Waals surface area contributed by atoms with Gasteiger partial charge in [-0.2, -0.15) is 0 Å². The van der Waals surface area contributed by atoms with Crippen LogP contribution >= 0.6 is 7.82 Å². The third-order valence-electron chi connectivity index (χ3n) is 9.61. The van der Waals surface area contributed by atoms with Crippen molar-refractivity contribution in [3.8, 4) is 0 Å². The van der Waals surface area contributed by atoms with E-state index in [-0.39, 0.29) is 32.3 Å².